The minimum Gasteiger partial charge on any atom is -0.276 e. The van der Waals surface area contributed by atoms with Gasteiger partial charge < -0.3 is 0 Å². The summed E-state index contributed by atoms with van der Waals surface area (Å²) in [6, 6.07) is 9.45. The second-order valence-corrected chi connectivity index (χ2v) is 5.10. The first kappa shape index (κ1) is 12.4. The van der Waals surface area contributed by atoms with Crippen molar-refractivity contribution in [1.82, 2.24) is 4.98 Å². The highest BCUT2D eigenvalue weighted by Crippen LogP contribution is 2.31. The predicted octanol–water partition coefficient (Wildman–Crippen LogP) is 4.11. The van der Waals surface area contributed by atoms with Gasteiger partial charge in [-0.15, -0.1) is 0 Å². The third kappa shape index (κ3) is 2.29. The fourth-order valence-corrected chi connectivity index (χ4v) is 2.49. The first-order valence-electron chi connectivity index (χ1n) is 5.80. The molecule has 3 rings (SSSR count). The van der Waals surface area contributed by atoms with Crippen LogP contribution in [-0.2, 0) is 11.2 Å². The number of allylic oxidation sites excluding steroid dienone is 2. The summed E-state index contributed by atoms with van der Waals surface area (Å²) >= 11 is 11.4. The molecule has 4 heteroatoms. The van der Waals surface area contributed by atoms with E-state index < -0.39 is 5.24 Å². The molecule has 0 saturated heterocycles. The lowest BCUT2D eigenvalue weighted by Gasteiger charge is -2.06. The molecule has 0 spiro atoms. The van der Waals surface area contributed by atoms with Gasteiger partial charge in [-0.05, 0) is 35.4 Å². The van der Waals surface area contributed by atoms with E-state index in [1.54, 1.807) is 6.20 Å². The zero-order valence-electron chi connectivity index (χ0n) is 9.86. The molecule has 1 aliphatic rings. The highest BCUT2D eigenvalue weighted by Gasteiger charge is 2.20. The van der Waals surface area contributed by atoms with Crippen LogP contribution in [0.5, 0.6) is 0 Å². The SMILES string of the molecule is O=C(Cl)C1=CCc2ncc(-c3ccc(Cl)cc3)cc21. The van der Waals surface area contributed by atoms with Crippen LogP contribution in [0.15, 0.2) is 42.6 Å². The third-order valence-electron chi connectivity index (χ3n) is 3.15. The van der Waals surface area contributed by atoms with Gasteiger partial charge >= 0.3 is 0 Å². The average Bonchev–Trinajstić information content (AvgIpc) is 2.82. The van der Waals surface area contributed by atoms with Crippen LogP contribution in [0.4, 0.5) is 0 Å². The van der Waals surface area contributed by atoms with E-state index in [-0.39, 0.29) is 0 Å². The fourth-order valence-electron chi connectivity index (χ4n) is 2.18. The van der Waals surface area contributed by atoms with E-state index in [1.807, 2.05) is 36.4 Å². The van der Waals surface area contributed by atoms with Gasteiger partial charge in [0, 0.05) is 34.3 Å². The first-order chi connectivity index (χ1) is 9.15. The van der Waals surface area contributed by atoms with Gasteiger partial charge in [-0.1, -0.05) is 29.8 Å². The maximum absolute atomic E-state index is 11.4. The Hall–Kier alpha value is -1.64. The molecule has 0 unspecified atom stereocenters. The largest absolute Gasteiger partial charge is 0.276 e. The van der Waals surface area contributed by atoms with Crippen LogP contribution in [0.25, 0.3) is 16.7 Å². The molecule has 1 aliphatic carbocycles. The molecule has 2 nitrogen and oxygen atoms in total. The Morgan fingerprint density at radius 3 is 2.58 bits per heavy atom. The number of pyridine rings is 1. The molecule has 0 aliphatic heterocycles. The van der Waals surface area contributed by atoms with E-state index in [2.05, 4.69) is 4.98 Å². The zero-order chi connectivity index (χ0) is 13.4. The number of hydrogen-bond acceptors (Lipinski definition) is 2. The fraction of sp³-hybridized carbons (Fsp3) is 0.0667. The summed E-state index contributed by atoms with van der Waals surface area (Å²) < 4.78 is 0. The Morgan fingerprint density at radius 1 is 1.16 bits per heavy atom. The monoisotopic (exact) mass is 289 g/mol. The van der Waals surface area contributed by atoms with Crippen molar-refractivity contribution in [3.63, 3.8) is 0 Å². The number of nitrogens with zero attached hydrogens (tertiary/aromatic N) is 1. The van der Waals surface area contributed by atoms with Crippen LogP contribution in [-0.4, -0.2) is 10.2 Å². The first-order valence-corrected chi connectivity index (χ1v) is 6.56. The Labute approximate surface area is 120 Å². The Morgan fingerprint density at radius 2 is 1.89 bits per heavy atom. The predicted molar refractivity (Wildman–Crippen MR) is 77.2 cm³/mol. The molecule has 0 fully saturated rings. The summed E-state index contributed by atoms with van der Waals surface area (Å²) in [6.07, 6.45) is 4.28. The quantitative estimate of drug-likeness (QED) is 0.779. The summed E-state index contributed by atoms with van der Waals surface area (Å²) in [5.41, 5.74) is 4.21. The molecule has 1 aromatic carbocycles. The number of hydrogen-bond donors (Lipinski definition) is 0. The molecule has 19 heavy (non-hydrogen) atoms. The highest BCUT2D eigenvalue weighted by atomic mass is 35.5. The van der Waals surface area contributed by atoms with Crippen molar-refractivity contribution in [2.75, 3.05) is 0 Å². The summed E-state index contributed by atoms with van der Waals surface area (Å²) in [6.45, 7) is 0. The van der Waals surface area contributed by atoms with Crippen LogP contribution in [0.2, 0.25) is 5.02 Å². The van der Waals surface area contributed by atoms with Gasteiger partial charge in [0.1, 0.15) is 0 Å². The number of carbonyl (C=O) groups is 1. The summed E-state index contributed by atoms with van der Waals surface area (Å²) in [5, 5.41) is 0.253. The highest BCUT2D eigenvalue weighted by molar-refractivity contribution is 6.74. The van der Waals surface area contributed by atoms with E-state index in [0.717, 1.165) is 22.4 Å². The van der Waals surface area contributed by atoms with Crippen molar-refractivity contribution in [2.45, 2.75) is 6.42 Å². The molecule has 0 N–H and O–H groups in total. The van der Waals surface area contributed by atoms with Gasteiger partial charge in [0.2, 0.25) is 0 Å². The molecule has 0 radical (unpaired) electrons. The van der Waals surface area contributed by atoms with Crippen molar-refractivity contribution in [3.8, 4) is 11.1 Å². The lowest BCUT2D eigenvalue weighted by Crippen LogP contribution is -1.95. The Kier molecular flexibility index (Phi) is 3.13. The minimum absolute atomic E-state index is 0.436. The summed E-state index contributed by atoms with van der Waals surface area (Å²) in [7, 11) is 0. The molecule has 2 aromatic rings. The lowest BCUT2D eigenvalue weighted by molar-refractivity contribution is -0.106. The topological polar surface area (TPSA) is 30.0 Å². The lowest BCUT2D eigenvalue weighted by atomic mass is 10.0. The van der Waals surface area contributed by atoms with E-state index in [9.17, 15) is 4.79 Å². The van der Waals surface area contributed by atoms with Crippen LogP contribution >= 0.6 is 23.2 Å². The van der Waals surface area contributed by atoms with Crippen LogP contribution < -0.4 is 0 Å². The molecule has 0 saturated carbocycles. The third-order valence-corrected chi connectivity index (χ3v) is 3.60. The van der Waals surface area contributed by atoms with Crippen molar-refractivity contribution < 1.29 is 4.79 Å². The molecule has 94 valence electrons. The number of carbonyl (C=O) groups excluding carboxylic acids is 1. The second kappa shape index (κ2) is 4.80. The van der Waals surface area contributed by atoms with E-state index in [0.29, 0.717) is 17.0 Å². The van der Waals surface area contributed by atoms with Gasteiger partial charge in [-0.3, -0.25) is 9.78 Å². The second-order valence-electron chi connectivity index (χ2n) is 4.32. The Bertz CT molecular complexity index is 690. The molecular formula is C15H9Cl2NO. The molecule has 1 aromatic heterocycles. The molecule has 0 bridgehead atoms. The number of rotatable bonds is 2. The van der Waals surface area contributed by atoms with Crippen molar-refractivity contribution in [1.29, 1.82) is 0 Å². The summed E-state index contributed by atoms with van der Waals surface area (Å²) in [4.78, 5) is 15.7. The van der Waals surface area contributed by atoms with Crippen LogP contribution in [0, 0.1) is 0 Å². The maximum Gasteiger partial charge on any atom is 0.252 e. The van der Waals surface area contributed by atoms with Gasteiger partial charge in [-0.25, -0.2) is 0 Å². The van der Waals surface area contributed by atoms with E-state index in [1.165, 1.54) is 0 Å². The molecular weight excluding hydrogens is 281 g/mol. The number of halogens is 2. The number of fused-ring (bicyclic) bond motifs is 1. The van der Waals surface area contributed by atoms with Crippen LogP contribution in [0.1, 0.15) is 11.3 Å². The van der Waals surface area contributed by atoms with Gasteiger partial charge in [0.25, 0.3) is 5.24 Å². The zero-order valence-corrected chi connectivity index (χ0v) is 11.4. The van der Waals surface area contributed by atoms with Gasteiger partial charge in [0.05, 0.1) is 5.69 Å². The smallest absolute Gasteiger partial charge is 0.252 e. The van der Waals surface area contributed by atoms with Gasteiger partial charge in [0.15, 0.2) is 0 Å². The van der Waals surface area contributed by atoms with Crippen LogP contribution in [0.3, 0.4) is 0 Å². The standard InChI is InChI=1S/C15H9Cl2NO/c16-11-3-1-9(2-4-11)10-7-13-12(15(17)19)5-6-14(13)18-8-10/h1-5,7-8H,6H2. The van der Waals surface area contributed by atoms with Crippen molar-refractivity contribution in [2.24, 2.45) is 0 Å². The Balaban J connectivity index is 2.07. The summed E-state index contributed by atoms with van der Waals surface area (Å²) in [5.74, 6) is 0. The minimum atomic E-state index is -0.436. The van der Waals surface area contributed by atoms with Crippen molar-refractivity contribution >= 4 is 34.0 Å². The van der Waals surface area contributed by atoms with Crippen molar-refractivity contribution in [3.05, 3.63) is 58.9 Å². The molecule has 0 atom stereocenters. The number of benzene rings is 1. The maximum atomic E-state index is 11.4. The van der Waals surface area contributed by atoms with E-state index in [4.69, 9.17) is 23.2 Å². The number of aromatic nitrogens is 1. The molecule has 0 amide bonds. The normalized spacial score (nSPS) is 13.1. The average molecular weight is 290 g/mol. The van der Waals surface area contributed by atoms with E-state index >= 15 is 0 Å². The van der Waals surface area contributed by atoms with Gasteiger partial charge in [-0.2, -0.15) is 0 Å². The molecule has 1 heterocycles.